The molecule has 0 aromatic rings. The van der Waals surface area contributed by atoms with E-state index in [9.17, 15) is 8.42 Å². The lowest BCUT2D eigenvalue weighted by molar-refractivity contribution is 0.0256. The second-order valence-electron chi connectivity index (χ2n) is 5.01. The second kappa shape index (κ2) is 7.40. The van der Waals surface area contributed by atoms with E-state index in [1.165, 1.54) is 4.31 Å². The van der Waals surface area contributed by atoms with Crippen molar-refractivity contribution in [3.05, 3.63) is 0 Å². The van der Waals surface area contributed by atoms with Gasteiger partial charge in [-0.1, -0.05) is 13.8 Å². The van der Waals surface area contributed by atoms with E-state index in [0.717, 1.165) is 12.8 Å². The minimum absolute atomic E-state index is 0.144. The first-order valence-corrected chi connectivity index (χ1v) is 7.96. The van der Waals surface area contributed by atoms with E-state index in [-0.39, 0.29) is 6.10 Å². The lowest BCUT2D eigenvalue weighted by atomic mass is 10.1. The first-order chi connectivity index (χ1) is 8.45. The van der Waals surface area contributed by atoms with Crippen molar-refractivity contribution in [1.82, 2.24) is 9.03 Å². The van der Waals surface area contributed by atoms with Crippen molar-refractivity contribution in [2.75, 3.05) is 32.8 Å². The quantitative estimate of drug-likeness (QED) is 0.682. The first-order valence-electron chi connectivity index (χ1n) is 6.52. The van der Waals surface area contributed by atoms with Gasteiger partial charge in [-0.2, -0.15) is 12.7 Å². The Labute approximate surface area is 110 Å². The van der Waals surface area contributed by atoms with Crippen LogP contribution in [-0.2, 0) is 14.9 Å². The maximum absolute atomic E-state index is 12.0. The standard InChI is InChI=1S/C11H25N3O3S/c1-10(2)9-13-18(15,16)14-6-3-11(4-7-14)17-8-5-12/h10-11,13H,3-9,12H2,1-2H3. The fraction of sp³-hybridized carbons (Fsp3) is 1.00. The molecule has 1 rings (SSSR count). The molecule has 1 heterocycles. The van der Waals surface area contributed by atoms with Gasteiger partial charge in [0.2, 0.25) is 0 Å². The van der Waals surface area contributed by atoms with Gasteiger partial charge in [-0.15, -0.1) is 0 Å². The fourth-order valence-electron chi connectivity index (χ4n) is 1.84. The van der Waals surface area contributed by atoms with Crippen molar-refractivity contribution in [1.29, 1.82) is 0 Å². The number of piperidine rings is 1. The number of nitrogens with two attached hydrogens (primary N) is 1. The maximum atomic E-state index is 12.0. The Morgan fingerprint density at radius 2 is 2.00 bits per heavy atom. The Morgan fingerprint density at radius 3 is 2.50 bits per heavy atom. The predicted molar refractivity (Wildman–Crippen MR) is 71.4 cm³/mol. The highest BCUT2D eigenvalue weighted by Crippen LogP contribution is 2.15. The van der Waals surface area contributed by atoms with Gasteiger partial charge < -0.3 is 10.5 Å². The fourth-order valence-corrected chi connectivity index (χ4v) is 3.26. The Morgan fingerprint density at radius 1 is 1.39 bits per heavy atom. The largest absolute Gasteiger partial charge is 0.377 e. The number of nitrogens with zero attached hydrogens (tertiary/aromatic N) is 1. The van der Waals surface area contributed by atoms with Gasteiger partial charge in [0.15, 0.2) is 0 Å². The number of ether oxygens (including phenoxy) is 1. The van der Waals surface area contributed by atoms with Gasteiger partial charge in [0, 0.05) is 26.2 Å². The average Bonchev–Trinajstić information content (AvgIpc) is 2.34. The molecule has 6 nitrogen and oxygen atoms in total. The zero-order chi connectivity index (χ0) is 13.6. The van der Waals surface area contributed by atoms with E-state index in [0.29, 0.717) is 38.7 Å². The lowest BCUT2D eigenvalue weighted by Gasteiger charge is -2.31. The molecule has 0 atom stereocenters. The molecule has 1 aliphatic rings. The van der Waals surface area contributed by atoms with Gasteiger partial charge in [-0.3, -0.25) is 0 Å². The van der Waals surface area contributed by atoms with Gasteiger partial charge in [0.1, 0.15) is 0 Å². The van der Waals surface area contributed by atoms with Crippen molar-refractivity contribution in [2.45, 2.75) is 32.8 Å². The molecule has 0 aromatic carbocycles. The zero-order valence-corrected chi connectivity index (χ0v) is 12.1. The molecule has 0 aliphatic carbocycles. The number of nitrogens with one attached hydrogen (secondary N) is 1. The van der Waals surface area contributed by atoms with Crippen molar-refractivity contribution >= 4 is 10.2 Å². The molecule has 0 aromatic heterocycles. The molecular formula is C11H25N3O3S. The van der Waals surface area contributed by atoms with E-state index >= 15 is 0 Å². The summed E-state index contributed by atoms with van der Waals surface area (Å²) in [6.07, 6.45) is 1.62. The summed E-state index contributed by atoms with van der Waals surface area (Å²) in [5.74, 6) is 0.310. The summed E-state index contributed by atoms with van der Waals surface area (Å²) < 4.78 is 33.6. The molecule has 0 bridgehead atoms. The van der Waals surface area contributed by atoms with E-state index in [2.05, 4.69) is 4.72 Å². The number of rotatable bonds is 7. The highest BCUT2D eigenvalue weighted by Gasteiger charge is 2.27. The van der Waals surface area contributed by atoms with Crippen LogP contribution < -0.4 is 10.5 Å². The molecule has 3 N–H and O–H groups in total. The molecule has 0 radical (unpaired) electrons. The van der Waals surface area contributed by atoms with Crippen molar-refractivity contribution in [2.24, 2.45) is 11.7 Å². The van der Waals surface area contributed by atoms with Gasteiger partial charge in [-0.05, 0) is 18.8 Å². The SMILES string of the molecule is CC(C)CNS(=O)(=O)N1CCC(OCCN)CC1. The average molecular weight is 279 g/mol. The lowest BCUT2D eigenvalue weighted by Crippen LogP contribution is -2.47. The maximum Gasteiger partial charge on any atom is 0.279 e. The van der Waals surface area contributed by atoms with Gasteiger partial charge in [0.05, 0.1) is 12.7 Å². The van der Waals surface area contributed by atoms with E-state index in [1.54, 1.807) is 0 Å². The molecular weight excluding hydrogens is 254 g/mol. The number of hydrogen-bond donors (Lipinski definition) is 2. The minimum atomic E-state index is -3.32. The monoisotopic (exact) mass is 279 g/mol. The molecule has 0 unspecified atom stereocenters. The van der Waals surface area contributed by atoms with Crippen LogP contribution in [-0.4, -0.2) is 51.6 Å². The topological polar surface area (TPSA) is 84.7 Å². The molecule has 1 saturated heterocycles. The summed E-state index contributed by atoms with van der Waals surface area (Å²) in [6.45, 7) is 6.53. The van der Waals surface area contributed by atoms with Crippen LogP contribution in [0.15, 0.2) is 0 Å². The molecule has 0 amide bonds. The predicted octanol–water partition coefficient (Wildman–Crippen LogP) is -0.0835. The first kappa shape index (κ1) is 15.8. The highest BCUT2D eigenvalue weighted by atomic mass is 32.2. The molecule has 0 spiro atoms. The Balaban J connectivity index is 2.37. The number of hydrogen-bond acceptors (Lipinski definition) is 4. The minimum Gasteiger partial charge on any atom is -0.377 e. The van der Waals surface area contributed by atoms with Gasteiger partial charge in [0.25, 0.3) is 10.2 Å². The van der Waals surface area contributed by atoms with E-state index in [1.807, 2.05) is 13.8 Å². The summed E-state index contributed by atoms with van der Waals surface area (Å²) in [5.41, 5.74) is 5.37. The Hall–Kier alpha value is -0.210. The third kappa shape index (κ3) is 5.19. The third-order valence-corrected chi connectivity index (χ3v) is 4.46. The second-order valence-corrected chi connectivity index (χ2v) is 6.76. The Bertz CT molecular complexity index is 324. The van der Waals surface area contributed by atoms with Crippen LogP contribution in [0.3, 0.4) is 0 Å². The van der Waals surface area contributed by atoms with E-state index < -0.39 is 10.2 Å². The molecule has 108 valence electrons. The van der Waals surface area contributed by atoms with Crippen LogP contribution in [0, 0.1) is 5.92 Å². The molecule has 1 aliphatic heterocycles. The summed E-state index contributed by atoms with van der Waals surface area (Å²) in [5, 5.41) is 0. The molecule has 1 fully saturated rings. The van der Waals surface area contributed by atoms with Crippen molar-refractivity contribution in [3.8, 4) is 0 Å². The van der Waals surface area contributed by atoms with Crippen molar-refractivity contribution in [3.63, 3.8) is 0 Å². The third-order valence-electron chi connectivity index (χ3n) is 2.89. The highest BCUT2D eigenvalue weighted by molar-refractivity contribution is 7.87. The van der Waals surface area contributed by atoms with Crippen LogP contribution in [0.2, 0.25) is 0 Å². The summed E-state index contributed by atoms with van der Waals surface area (Å²) in [4.78, 5) is 0. The molecule has 18 heavy (non-hydrogen) atoms. The van der Waals surface area contributed by atoms with Gasteiger partial charge in [-0.25, -0.2) is 4.72 Å². The van der Waals surface area contributed by atoms with Crippen LogP contribution >= 0.6 is 0 Å². The van der Waals surface area contributed by atoms with Crippen LogP contribution in [0.5, 0.6) is 0 Å². The van der Waals surface area contributed by atoms with Crippen LogP contribution in [0.25, 0.3) is 0 Å². The van der Waals surface area contributed by atoms with Crippen molar-refractivity contribution < 1.29 is 13.2 Å². The van der Waals surface area contributed by atoms with E-state index in [4.69, 9.17) is 10.5 Å². The van der Waals surface area contributed by atoms with Crippen LogP contribution in [0.1, 0.15) is 26.7 Å². The summed E-state index contributed by atoms with van der Waals surface area (Å²) in [7, 11) is -3.32. The Kier molecular flexibility index (Phi) is 6.51. The zero-order valence-electron chi connectivity index (χ0n) is 11.3. The summed E-state index contributed by atoms with van der Waals surface area (Å²) >= 11 is 0. The summed E-state index contributed by atoms with van der Waals surface area (Å²) in [6, 6.07) is 0. The molecule has 7 heteroatoms. The normalized spacial score (nSPS) is 19.6. The molecule has 0 saturated carbocycles. The van der Waals surface area contributed by atoms with Crippen LogP contribution in [0.4, 0.5) is 0 Å². The smallest absolute Gasteiger partial charge is 0.279 e. The van der Waals surface area contributed by atoms with Gasteiger partial charge >= 0.3 is 0 Å².